The summed E-state index contributed by atoms with van der Waals surface area (Å²) < 4.78 is 56.1. The van der Waals surface area contributed by atoms with E-state index in [0.29, 0.717) is 6.42 Å². The maximum absolute atomic E-state index is 12.7. The van der Waals surface area contributed by atoms with E-state index in [0.717, 1.165) is 19.3 Å². The summed E-state index contributed by atoms with van der Waals surface area (Å²) >= 11 is 0. The summed E-state index contributed by atoms with van der Waals surface area (Å²) in [7, 11) is -5.49. The molecule has 19 heavy (non-hydrogen) atoms. The molecule has 0 unspecified atom stereocenters. The van der Waals surface area contributed by atoms with E-state index in [4.69, 9.17) is 0 Å². The molecular formula is C12H23F2LiO3S. The van der Waals surface area contributed by atoms with Crippen molar-refractivity contribution >= 4 is 10.1 Å². The van der Waals surface area contributed by atoms with Gasteiger partial charge in [-0.1, -0.05) is 58.3 Å². The Kier molecular flexibility index (Phi) is 12.6. The number of halogens is 2. The molecule has 0 aliphatic rings. The summed E-state index contributed by atoms with van der Waals surface area (Å²) in [6.07, 6.45) is 7.49. The van der Waals surface area contributed by atoms with Gasteiger partial charge in [0.05, 0.1) is 0 Å². The second-order valence-electron chi connectivity index (χ2n) is 4.67. The zero-order chi connectivity index (χ0) is 14.1. The molecular weight excluding hydrogens is 269 g/mol. The molecule has 0 aromatic carbocycles. The molecule has 0 rings (SSSR count). The molecule has 0 aliphatic heterocycles. The van der Waals surface area contributed by atoms with Gasteiger partial charge in [-0.3, -0.25) is 0 Å². The van der Waals surface area contributed by atoms with Crippen molar-refractivity contribution in [1.29, 1.82) is 0 Å². The van der Waals surface area contributed by atoms with E-state index in [1.165, 1.54) is 25.7 Å². The minimum absolute atomic E-state index is 0. The van der Waals surface area contributed by atoms with Crippen LogP contribution in [0.2, 0.25) is 0 Å². The maximum atomic E-state index is 12.7. The van der Waals surface area contributed by atoms with E-state index in [2.05, 4.69) is 6.92 Å². The zero-order valence-corrected chi connectivity index (χ0v) is 12.8. The Bertz CT molecular complexity index is 308. The van der Waals surface area contributed by atoms with Crippen molar-refractivity contribution in [3.63, 3.8) is 0 Å². The van der Waals surface area contributed by atoms with Gasteiger partial charge in [-0.15, -0.1) is 0 Å². The van der Waals surface area contributed by atoms with Crippen molar-refractivity contribution in [2.24, 2.45) is 0 Å². The second-order valence-corrected chi connectivity index (χ2v) is 6.18. The predicted octanol–water partition coefficient (Wildman–Crippen LogP) is 1.05. The van der Waals surface area contributed by atoms with Crippen molar-refractivity contribution in [3.05, 3.63) is 0 Å². The van der Waals surface area contributed by atoms with Crippen LogP contribution in [-0.2, 0) is 10.1 Å². The Morgan fingerprint density at radius 2 is 1.26 bits per heavy atom. The van der Waals surface area contributed by atoms with Gasteiger partial charge in [0.2, 0.25) is 0 Å². The molecule has 0 N–H and O–H groups in total. The summed E-state index contributed by atoms with van der Waals surface area (Å²) in [6.45, 7) is 2.14. The molecule has 0 aromatic heterocycles. The van der Waals surface area contributed by atoms with Crippen LogP contribution in [0.5, 0.6) is 0 Å². The standard InChI is InChI=1S/C12H24F2O3S.Li/c1-2-3-4-5-6-7-8-9-10-11-12(13,14)18(15,16)17;/h2-11H2,1H3,(H,15,16,17);/q;+1/p-1. The van der Waals surface area contributed by atoms with Crippen LogP contribution in [0.15, 0.2) is 0 Å². The van der Waals surface area contributed by atoms with Crippen molar-refractivity contribution in [1.82, 2.24) is 0 Å². The van der Waals surface area contributed by atoms with Crippen LogP contribution in [0.4, 0.5) is 8.78 Å². The number of hydrogen-bond acceptors (Lipinski definition) is 3. The quantitative estimate of drug-likeness (QED) is 0.325. The third-order valence-electron chi connectivity index (χ3n) is 2.94. The van der Waals surface area contributed by atoms with Crippen LogP contribution in [0.1, 0.15) is 71.1 Å². The summed E-state index contributed by atoms with van der Waals surface area (Å²) in [5.74, 6) is 0. The SMILES string of the molecule is CCCCCCCCCCCC(F)(F)S(=O)(=O)[O-].[Li+]. The van der Waals surface area contributed by atoms with Crippen molar-refractivity contribution in [2.45, 2.75) is 76.4 Å². The summed E-state index contributed by atoms with van der Waals surface area (Å²) in [4.78, 5) is 0. The first-order valence-corrected chi connectivity index (χ1v) is 8.05. The van der Waals surface area contributed by atoms with Gasteiger partial charge < -0.3 is 4.55 Å². The van der Waals surface area contributed by atoms with Gasteiger partial charge in [0.15, 0.2) is 10.1 Å². The van der Waals surface area contributed by atoms with Crippen LogP contribution in [-0.4, -0.2) is 18.2 Å². The van der Waals surface area contributed by atoms with Crippen LogP contribution in [0.25, 0.3) is 0 Å². The molecule has 0 saturated carbocycles. The van der Waals surface area contributed by atoms with E-state index in [1.54, 1.807) is 0 Å². The molecule has 110 valence electrons. The smallest absolute Gasteiger partial charge is 0.743 e. The molecule has 7 heteroatoms. The normalized spacial score (nSPS) is 12.2. The van der Waals surface area contributed by atoms with Gasteiger partial charge >= 0.3 is 24.1 Å². The molecule has 0 spiro atoms. The van der Waals surface area contributed by atoms with Gasteiger partial charge in [-0.2, -0.15) is 8.78 Å². The fourth-order valence-corrected chi connectivity index (χ4v) is 2.16. The van der Waals surface area contributed by atoms with Crippen LogP contribution in [0.3, 0.4) is 0 Å². The summed E-state index contributed by atoms with van der Waals surface area (Å²) in [5.41, 5.74) is 0. The first-order chi connectivity index (χ1) is 8.31. The first kappa shape index (κ1) is 21.7. The molecule has 0 heterocycles. The zero-order valence-electron chi connectivity index (χ0n) is 12.0. The molecule has 0 saturated heterocycles. The van der Waals surface area contributed by atoms with E-state index < -0.39 is 21.8 Å². The van der Waals surface area contributed by atoms with E-state index in [1.807, 2.05) is 0 Å². The maximum Gasteiger partial charge on any atom is 1.00 e. The summed E-state index contributed by atoms with van der Waals surface area (Å²) in [5, 5.41) is -4.10. The molecule has 0 bridgehead atoms. The average molecular weight is 292 g/mol. The van der Waals surface area contributed by atoms with Crippen LogP contribution < -0.4 is 18.9 Å². The minimum atomic E-state index is -5.49. The van der Waals surface area contributed by atoms with Gasteiger partial charge in [0.1, 0.15) is 0 Å². The van der Waals surface area contributed by atoms with E-state index in [9.17, 15) is 21.8 Å². The number of rotatable bonds is 11. The minimum Gasteiger partial charge on any atom is -0.743 e. The second kappa shape index (κ2) is 11.1. The number of alkyl halides is 2. The number of unbranched alkanes of at least 4 members (excludes halogenated alkanes) is 8. The predicted molar refractivity (Wildman–Crippen MR) is 66.5 cm³/mol. The molecule has 0 amide bonds. The monoisotopic (exact) mass is 292 g/mol. The first-order valence-electron chi connectivity index (χ1n) is 6.64. The largest absolute Gasteiger partial charge is 1.00 e. The number of hydrogen-bond donors (Lipinski definition) is 0. The van der Waals surface area contributed by atoms with E-state index in [-0.39, 0.29) is 25.3 Å². The van der Waals surface area contributed by atoms with Crippen LogP contribution >= 0.6 is 0 Å². The Morgan fingerprint density at radius 1 is 0.895 bits per heavy atom. The Balaban J connectivity index is 0. The Labute approximate surface area is 127 Å². The molecule has 0 aromatic rings. The molecule has 0 radical (unpaired) electrons. The third-order valence-corrected chi connectivity index (χ3v) is 3.87. The van der Waals surface area contributed by atoms with Gasteiger partial charge in [0.25, 0.3) is 0 Å². The molecule has 3 nitrogen and oxygen atoms in total. The van der Waals surface area contributed by atoms with Gasteiger partial charge in [-0.05, 0) is 6.42 Å². The van der Waals surface area contributed by atoms with Crippen molar-refractivity contribution in [2.75, 3.05) is 0 Å². The molecule has 0 fully saturated rings. The fourth-order valence-electron chi connectivity index (χ4n) is 1.77. The Hall–Kier alpha value is 0.367. The van der Waals surface area contributed by atoms with Gasteiger partial charge in [0, 0.05) is 6.42 Å². The third kappa shape index (κ3) is 10.8. The van der Waals surface area contributed by atoms with Gasteiger partial charge in [-0.25, -0.2) is 8.42 Å². The van der Waals surface area contributed by atoms with Crippen molar-refractivity contribution in [3.8, 4) is 0 Å². The molecule has 0 aliphatic carbocycles. The Morgan fingerprint density at radius 3 is 1.63 bits per heavy atom. The summed E-state index contributed by atoms with van der Waals surface area (Å²) in [6, 6.07) is 0. The van der Waals surface area contributed by atoms with E-state index >= 15 is 0 Å². The van der Waals surface area contributed by atoms with Crippen LogP contribution in [0, 0.1) is 0 Å². The average Bonchev–Trinajstić information content (AvgIpc) is 2.25. The fraction of sp³-hybridized carbons (Fsp3) is 1.00. The topological polar surface area (TPSA) is 57.2 Å². The van der Waals surface area contributed by atoms with Crippen molar-refractivity contribution < 1.29 is 40.6 Å². The molecule has 0 atom stereocenters.